The van der Waals surface area contributed by atoms with Crippen molar-refractivity contribution in [2.45, 2.75) is 57.9 Å². The van der Waals surface area contributed by atoms with Crippen LogP contribution in [-0.4, -0.2) is 16.3 Å². The predicted molar refractivity (Wildman–Crippen MR) is 68.3 cm³/mol. The van der Waals surface area contributed by atoms with Crippen LogP contribution in [0.1, 0.15) is 51.0 Å². The monoisotopic (exact) mass is 262 g/mol. The fraction of sp³-hybridized carbons (Fsp3) is 0.818. The van der Waals surface area contributed by atoms with Gasteiger partial charge in [-0.3, -0.25) is 0 Å². The van der Waals surface area contributed by atoms with Crippen LogP contribution in [0, 0.1) is 0 Å². The van der Waals surface area contributed by atoms with Gasteiger partial charge in [0.2, 0.25) is 0 Å². The summed E-state index contributed by atoms with van der Waals surface area (Å²) in [5.74, 6) is 0.409. The number of unbranched alkanes of at least 4 members (excludes halogenated alkanes) is 3. The van der Waals surface area contributed by atoms with Gasteiger partial charge >= 0.3 is 0 Å². The van der Waals surface area contributed by atoms with Crippen LogP contribution in [0.25, 0.3) is 0 Å². The van der Waals surface area contributed by atoms with Crippen LogP contribution in [0.15, 0.2) is 0 Å². The van der Waals surface area contributed by atoms with Crippen LogP contribution >= 0.6 is 22.9 Å². The summed E-state index contributed by atoms with van der Waals surface area (Å²) >= 11 is 7.08. The SMILES string of the molecule is CCCCCCC(C)Oc1nnc(CCl)s1. The molecule has 1 aromatic heterocycles. The molecule has 0 fully saturated rings. The molecular weight excluding hydrogens is 244 g/mol. The smallest absolute Gasteiger partial charge is 0.294 e. The molecule has 5 heteroatoms. The van der Waals surface area contributed by atoms with Gasteiger partial charge in [-0.2, -0.15) is 0 Å². The van der Waals surface area contributed by atoms with Crippen molar-refractivity contribution in [2.75, 3.05) is 0 Å². The summed E-state index contributed by atoms with van der Waals surface area (Å²) in [6.07, 6.45) is 6.37. The zero-order valence-corrected chi connectivity index (χ0v) is 11.5. The topological polar surface area (TPSA) is 35.0 Å². The Morgan fingerprint density at radius 1 is 1.31 bits per heavy atom. The number of rotatable bonds is 8. The van der Waals surface area contributed by atoms with Gasteiger partial charge in [0.15, 0.2) is 0 Å². The van der Waals surface area contributed by atoms with Crippen molar-refractivity contribution in [3.8, 4) is 5.19 Å². The van der Waals surface area contributed by atoms with Gasteiger partial charge in [0.1, 0.15) is 5.01 Å². The number of ether oxygens (including phenoxy) is 1. The van der Waals surface area contributed by atoms with Crippen LogP contribution in [0.5, 0.6) is 5.19 Å². The minimum Gasteiger partial charge on any atom is -0.466 e. The quantitative estimate of drug-likeness (QED) is 0.524. The molecule has 0 saturated carbocycles. The summed E-state index contributed by atoms with van der Waals surface area (Å²) in [7, 11) is 0. The fourth-order valence-electron chi connectivity index (χ4n) is 1.43. The molecule has 0 saturated heterocycles. The van der Waals surface area contributed by atoms with Gasteiger partial charge < -0.3 is 4.74 Å². The van der Waals surface area contributed by atoms with Crippen molar-refractivity contribution in [1.29, 1.82) is 0 Å². The van der Waals surface area contributed by atoms with Crippen molar-refractivity contribution in [2.24, 2.45) is 0 Å². The van der Waals surface area contributed by atoms with E-state index in [1.807, 2.05) is 0 Å². The lowest BCUT2D eigenvalue weighted by molar-refractivity contribution is 0.204. The van der Waals surface area contributed by atoms with Gasteiger partial charge in [0.05, 0.1) is 12.0 Å². The lowest BCUT2D eigenvalue weighted by Gasteiger charge is -2.10. The molecule has 0 bridgehead atoms. The minimum atomic E-state index is 0.216. The Hall–Kier alpha value is -0.350. The van der Waals surface area contributed by atoms with E-state index in [1.54, 1.807) is 0 Å². The maximum atomic E-state index is 5.66. The highest BCUT2D eigenvalue weighted by Crippen LogP contribution is 2.21. The molecule has 92 valence electrons. The van der Waals surface area contributed by atoms with Gasteiger partial charge in [0, 0.05) is 0 Å². The van der Waals surface area contributed by atoms with E-state index in [0.29, 0.717) is 11.1 Å². The lowest BCUT2D eigenvalue weighted by Crippen LogP contribution is -2.11. The lowest BCUT2D eigenvalue weighted by atomic mass is 10.1. The Morgan fingerprint density at radius 2 is 2.12 bits per heavy atom. The highest BCUT2D eigenvalue weighted by atomic mass is 35.5. The van der Waals surface area contributed by atoms with Crippen molar-refractivity contribution in [1.82, 2.24) is 10.2 Å². The Kier molecular flexibility index (Phi) is 6.73. The van der Waals surface area contributed by atoms with Gasteiger partial charge in [0.25, 0.3) is 5.19 Å². The summed E-state index contributed by atoms with van der Waals surface area (Å²) in [5.41, 5.74) is 0. The van der Waals surface area contributed by atoms with Gasteiger partial charge in [-0.25, -0.2) is 0 Å². The number of hydrogen-bond donors (Lipinski definition) is 0. The molecule has 1 aromatic rings. The van der Waals surface area contributed by atoms with Crippen LogP contribution in [0.2, 0.25) is 0 Å². The molecule has 3 nitrogen and oxygen atoms in total. The molecule has 16 heavy (non-hydrogen) atoms. The van der Waals surface area contributed by atoms with Crippen LogP contribution in [-0.2, 0) is 5.88 Å². The summed E-state index contributed by atoms with van der Waals surface area (Å²) in [6, 6.07) is 0. The predicted octanol–water partition coefficient (Wildman–Crippen LogP) is 4.01. The van der Waals surface area contributed by atoms with Gasteiger partial charge in [-0.05, 0) is 19.8 Å². The molecule has 0 radical (unpaired) electrons. The molecule has 0 aliphatic carbocycles. The first-order chi connectivity index (χ1) is 7.76. The molecule has 1 atom stereocenters. The second-order valence-electron chi connectivity index (χ2n) is 3.87. The summed E-state index contributed by atoms with van der Waals surface area (Å²) in [4.78, 5) is 0. The number of nitrogens with zero attached hydrogens (tertiary/aromatic N) is 2. The standard InChI is InChI=1S/C11H19ClN2OS/c1-3-4-5-6-7-9(2)15-11-14-13-10(8-12)16-11/h9H,3-8H2,1-2H3. The maximum absolute atomic E-state index is 5.66. The zero-order valence-electron chi connectivity index (χ0n) is 9.91. The van der Waals surface area contributed by atoms with E-state index in [2.05, 4.69) is 24.0 Å². The number of hydrogen-bond acceptors (Lipinski definition) is 4. The molecule has 0 aliphatic heterocycles. The maximum Gasteiger partial charge on any atom is 0.294 e. The first-order valence-corrected chi connectivity index (χ1v) is 7.16. The van der Waals surface area contributed by atoms with Crippen LogP contribution in [0.3, 0.4) is 0 Å². The third-order valence-corrected chi connectivity index (χ3v) is 3.55. The molecule has 0 N–H and O–H groups in total. The zero-order chi connectivity index (χ0) is 11.8. The highest BCUT2D eigenvalue weighted by Gasteiger charge is 2.08. The number of aromatic nitrogens is 2. The van der Waals surface area contributed by atoms with Crippen LogP contribution < -0.4 is 4.74 Å². The largest absolute Gasteiger partial charge is 0.466 e. The Bertz CT molecular complexity index is 293. The van der Waals surface area contributed by atoms with Crippen LogP contribution in [0.4, 0.5) is 0 Å². The first kappa shape index (κ1) is 13.7. The molecule has 1 unspecified atom stereocenters. The van der Waals surface area contributed by atoms with E-state index in [9.17, 15) is 0 Å². The summed E-state index contributed by atoms with van der Waals surface area (Å²) in [5, 5.41) is 9.29. The van der Waals surface area contributed by atoms with Gasteiger partial charge in [-0.15, -0.1) is 21.8 Å². The van der Waals surface area contributed by atoms with E-state index < -0.39 is 0 Å². The average molecular weight is 263 g/mol. The third-order valence-electron chi connectivity index (χ3n) is 2.33. The van der Waals surface area contributed by atoms with Crippen molar-refractivity contribution in [3.63, 3.8) is 0 Å². The fourth-order valence-corrected chi connectivity index (χ4v) is 2.28. The second kappa shape index (κ2) is 7.85. The van der Waals surface area contributed by atoms with Crippen molar-refractivity contribution in [3.05, 3.63) is 5.01 Å². The van der Waals surface area contributed by atoms with E-state index >= 15 is 0 Å². The van der Waals surface area contributed by atoms with Crippen molar-refractivity contribution >= 4 is 22.9 Å². The normalized spacial score (nSPS) is 12.7. The van der Waals surface area contributed by atoms with E-state index in [1.165, 1.54) is 37.0 Å². The molecule has 0 aromatic carbocycles. The number of halogens is 1. The van der Waals surface area contributed by atoms with E-state index in [-0.39, 0.29) is 6.10 Å². The van der Waals surface area contributed by atoms with E-state index in [4.69, 9.17) is 16.3 Å². The first-order valence-electron chi connectivity index (χ1n) is 5.81. The third kappa shape index (κ3) is 5.12. The number of alkyl halides is 1. The van der Waals surface area contributed by atoms with E-state index in [0.717, 1.165) is 11.4 Å². The molecule has 1 heterocycles. The average Bonchev–Trinajstić information content (AvgIpc) is 2.72. The summed E-state index contributed by atoms with van der Waals surface area (Å²) < 4.78 is 5.66. The second-order valence-corrected chi connectivity index (χ2v) is 5.17. The molecule has 0 aliphatic rings. The van der Waals surface area contributed by atoms with Gasteiger partial charge in [-0.1, -0.05) is 37.5 Å². The highest BCUT2D eigenvalue weighted by molar-refractivity contribution is 7.13. The minimum absolute atomic E-state index is 0.216. The Morgan fingerprint density at radius 3 is 2.75 bits per heavy atom. The molecule has 0 spiro atoms. The van der Waals surface area contributed by atoms with Crippen molar-refractivity contribution < 1.29 is 4.74 Å². The molecular formula is C11H19ClN2OS. The molecule has 0 amide bonds. The Balaban J connectivity index is 2.20. The molecule has 1 rings (SSSR count). The Labute approximate surface area is 106 Å². The summed E-state index contributed by atoms with van der Waals surface area (Å²) in [6.45, 7) is 4.29.